The summed E-state index contributed by atoms with van der Waals surface area (Å²) in [5.74, 6) is 0.767. The lowest BCUT2D eigenvalue weighted by Crippen LogP contribution is -1.80. The normalized spacial score (nSPS) is 10.4. The van der Waals surface area contributed by atoms with E-state index in [1.807, 2.05) is 18.3 Å². The second-order valence-corrected chi connectivity index (χ2v) is 3.41. The zero-order valence-electron chi connectivity index (χ0n) is 8.27. The molecule has 0 aliphatic rings. The van der Waals surface area contributed by atoms with Gasteiger partial charge in [-0.1, -0.05) is 0 Å². The number of nitrogens with zero attached hydrogens (tertiary/aromatic N) is 2. The van der Waals surface area contributed by atoms with Gasteiger partial charge in [-0.15, -0.1) is 0 Å². The molecule has 0 aliphatic carbocycles. The van der Waals surface area contributed by atoms with Gasteiger partial charge in [-0.25, -0.2) is 4.98 Å². The predicted octanol–water partition coefficient (Wildman–Crippen LogP) is 2.69. The number of hydrogen-bond acceptors (Lipinski definition) is 3. The van der Waals surface area contributed by atoms with E-state index in [-0.39, 0.29) is 0 Å². The molecule has 3 rings (SSSR count). The van der Waals surface area contributed by atoms with Gasteiger partial charge in [0.15, 0.2) is 0 Å². The largest absolute Gasteiger partial charge is 0.464 e. The Morgan fingerprint density at radius 1 is 1.44 bits per heavy atom. The summed E-state index contributed by atoms with van der Waals surface area (Å²) in [5, 5.41) is 9.73. The van der Waals surface area contributed by atoms with Crippen molar-refractivity contribution in [1.29, 1.82) is 5.26 Å². The molecule has 0 aliphatic heterocycles. The summed E-state index contributed by atoms with van der Waals surface area (Å²) in [7, 11) is 0. The number of aromatic nitrogens is 2. The van der Waals surface area contributed by atoms with Crippen LogP contribution in [0.5, 0.6) is 0 Å². The third kappa shape index (κ3) is 1.19. The van der Waals surface area contributed by atoms with Crippen molar-refractivity contribution in [1.82, 2.24) is 9.97 Å². The lowest BCUT2D eigenvalue weighted by atomic mass is 10.1. The highest BCUT2D eigenvalue weighted by Gasteiger charge is 2.09. The summed E-state index contributed by atoms with van der Waals surface area (Å²) >= 11 is 0. The van der Waals surface area contributed by atoms with Gasteiger partial charge in [0, 0.05) is 23.3 Å². The molecule has 0 saturated carbocycles. The molecule has 76 valence electrons. The molecule has 0 bridgehead atoms. The van der Waals surface area contributed by atoms with Gasteiger partial charge < -0.3 is 9.40 Å². The van der Waals surface area contributed by atoms with E-state index >= 15 is 0 Å². The maximum atomic E-state index is 8.83. The summed E-state index contributed by atoms with van der Waals surface area (Å²) in [6.07, 6.45) is 5.00. The van der Waals surface area contributed by atoms with Crippen LogP contribution in [-0.2, 0) is 0 Å². The van der Waals surface area contributed by atoms with Crippen LogP contribution in [0.4, 0.5) is 0 Å². The molecule has 0 aromatic carbocycles. The summed E-state index contributed by atoms with van der Waals surface area (Å²) < 4.78 is 5.33. The minimum atomic E-state index is 0.542. The molecule has 0 radical (unpaired) electrons. The molecule has 0 saturated heterocycles. The molecule has 3 heterocycles. The number of rotatable bonds is 1. The first-order valence-corrected chi connectivity index (χ1v) is 4.79. The first-order valence-electron chi connectivity index (χ1n) is 4.79. The molecule has 16 heavy (non-hydrogen) atoms. The second kappa shape index (κ2) is 3.24. The average molecular weight is 209 g/mol. The summed E-state index contributed by atoms with van der Waals surface area (Å²) in [6, 6.07) is 7.58. The Morgan fingerprint density at radius 3 is 3.12 bits per heavy atom. The average Bonchev–Trinajstić information content (AvgIpc) is 2.96. The zero-order valence-corrected chi connectivity index (χ0v) is 8.27. The van der Waals surface area contributed by atoms with E-state index in [1.165, 1.54) is 0 Å². The van der Waals surface area contributed by atoms with Gasteiger partial charge in [-0.05, 0) is 18.2 Å². The van der Waals surface area contributed by atoms with Crippen molar-refractivity contribution in [2.45, 2.75) is 0 Å². The number of furan rings is 1. The molecule has 0 amide bonds. The van der Waals surface area contributed by atoms with Crippen LogP contribution >= 0.6 is 0 Å². The van der Waals surface area contributed by atoms with Gasteiger partial charge in [0.1, 0.15) is 17.5 Å². The molecular formula is C12H7N3O. The van der Waals surface area contributed by atoms with Gasteiger partial charge in [0.25, 0.3) is 0 Å². The van der Waals surface area contributed by atoms with E-state index in [0.717, 1.165) is 22.4 Å². The summed E-state index contributed by atoms with van der Waals surface area (Å²) in [5.41, 5.74) is 2.22. The Labute approximate surface area is 91.2 Å². The fraction of sp³-hybridized carbons (Fsp3) is 0. The van der Waals surface area contributed by atoms with E-state index in [2.05, 4.69) is 16.0 Å². The van der Waals surface area contributed by atoms with Crippen molar-refractivity contribution < 1.29 is 4.42 Å². The smallest absolute Gasteiger partial charge is 0.138 e. The standard InChI is InChI=1S/C12H7N3O/c13-5-8-4-9-10(11-2-1-3-16-11)7-15-12(9)14-6-8/h1-4,6-7H,(H,14,15). The van der Waals surface area contributed by atoms with Crippen LogP contribution in [0, 0.1) is 11.3 Å². The number of aromatic amines is 1. The van der Waals surface area contributed by atoms with E-state index in [4.69, 9.17) is 9.68 Å². The van der Waals surface area contributed by atoms with E-state index in [1.54, 1.807) is 18.5 Å². The van der Waals surface area contributed by atoms with Gasteiger partial charge in [-0.2, -0.15) is 5.26 Å². The lowest BCUT2D eigenvalue weighted by molar-refractivity contribution is 0.583. The van der Waals surface area contributed by atoms with Gasteiger partial charge in [0.05, 0.1) is 11.8 Å². The van der Waals surface area contributed by atoms with E-state index in [0.29, 0.717) is 5.56 Å². The van der Waals surface area contributed by atoms with E-state index < -0.39 is 0 Å². The Balaban J connectivity index is 2.31. The lowest BCUT2D eigenvalue weighted by Gasteiger charge is -1.94. The molecule has 0 atom stereocenters. The molecule has 3 aromatic heterocycles. The Bertz CT molecular complexity index is 674. The number of pyridine rings is 1. The minimum Gasteiger partial charge on any atom is -0.464 e. The molecular weight excluding hydrogens is 202 g/mol. The third-order valence-corrected chi connectivity index (χ3v) is 2.45. The molecule has 1 N–H and O–H groups in total. The Morgan fingerprint density at radius 2 is 2.38 bits per heavy atom. The van der Waals surface area contributed by atoms with Crippen LogP contribution in [0.15, 0.2) is 41.3 Å². The van der Waals surface area contributed by atoms with Crippen molar-refractivity contribution in [3.8, 4) is 17.4 Å². The first-order chi connectivity index (χ1) is 7.88. The minimum absolute atomic E-state index is 0.542. The predicted molar refractivity (Wildman–Crippen MR) is 58.5 cm³/mol. The number of fused-ring (bicyclic) bond motifs is 1. The SMILES string of the molecule is N#Cc1cnc2[nH]cc(-c3ccco3)c2c1. The quantitative estimate of drug-likeness (QED) is 0.670. The van der Waals surface area contributed by atoms with Crippen molar-refractivity contribution >= 4 is 11.0 Å². The summed E-state index contributed by atoms with van der Waals surface area (Å²) in [6.45, 7) is 0. The van der Waals surface area contributed by atoms with Crippen LogP contribution in [0.25, 0.3) is 22.4 Å². The van der Waals surface area contributed by atoms with Crippen LogP contribution < -0.4 is 0 Å². The number of H-pyrrole nitrogens is 1. The number of nitriles is 1. The molecule has 4 heteroatoms. The van der Waals surface area contributed by atoms with Crippen LogP contribution in [0.3, 0.4) is 0 Å². The maximum absolute atomic E-state index is 8.83. The van der Waals surface area contributed by atoms with Crippen molar-refractivity contribution in [2.24, 2.45) is 0 Å². The summed E-state index contributed by atoms with van der Waals surface area (Å²) in [4.78, 5) is 7.21. The highest BCUT2D eigenvalue weighted by molar-refractivity contribution is 5.92. The number of hydrogen-bond donors (Lipinski definition) is 1. The van der Waals surface area contributed by atoms with Gasteiger partial charge in [0.2, 0.25) is 0 Å². The molecule has 0 unspecified atom stereocenters. The monoisotopic (exact) mass is 209 g/mol. The molecule has 4 nitrogen and oxygen atoms in total. The third-order valence-electron chi connectivity index (χ3n) is 2.45. The first kappa shape index (κ1) is 8.74. The van der Waals surface area contributed by atoms with E-state index in [9.17, 15) is 0 Å². The van der Waals surface area contributed by atoms with Crippen molar-refractivity contribution in [2.75, 3.05) is 0 Å². The van der Waals surface area contributed by atoms with Crippen LogP contribution in [0.1, 0.15) is 5.56 Å². The van der Waals surface area contributed by atoms with Crippen molar-refractivity contribution in [3.63, 3.8) is 0 Å². The van der Waals surface area contributed by atoms with Crippen LogP contribution in [-0.4, -0.2) is 9.97 Å². The highest BCUT2D eigenvalue weighted by Crippen LogP contribution is 2.28. The van der Waals surface area contributed by atoms with Gasteiger partial charge in [-0.3, -0.25) is 0 Å². The number of nitrogens with one attached hydrogen (secondary N) is 1. The van der Waals surface area contributed by atoms with Crippen molar-refractivity contribution in [3.05, 3.63) is 42.4 Å². The maximum Gasteiger partial charge on any atom is 0.138 e. The molecule has 0 spiro atoms. The highest BCUT2D eigenvalue weighted by atomic mass is 16.3. The van der Waals surface area contributed by atoms with Gasteiger partial charge >= 0.3 is 0 Å². The molecule has 3 aromatic rings. The fourth-order valence-electron chi connectivity index (χ4n) is 1.70. The second-order valence-electron chi connectivity index (χ2n) is 3.41. The Kier molecular flexibility index (Phi) is 1.77. The fourth-order valence-corrected chi connectivity index (χ4v) is 1.70. The van der Waals surface area contributed by atoms with Crippen LogP contribution in [0.2, 0.25) is 0 Å². The zero-order chi connectivity index (χ0) is 11.0. The molecule has 0 fully saturated rings. The topological polar surface area (TPSA) is 65.6 Å². The Hall–Kier alpha value is -2.54.